The number of nitrogens with zero attached hydrogens (tertiary/aromatic N) is 1. The Kier molecular flexibility index (Phi) is 3.72. The number of thiazole rings is 1. The molecule has 1 fully saturated rings. The zero-order chi connectivity index (χ0) is 10.6. The summed E-state index contributed by atoms with van der Waals surface area (Å²) in [6.07, 6.45) is 7.17. The summed E-state index contributed by atoms with van der Waals surface area (Å²) >= 11 is 1.71. The molecule has 0 radical (unpaired) electrons. The van der Waals surface area contributed by atoms with Gasteiger partial charge in [0, 0.05) is 17.6 Å². The van der Waals surface area contributed by atoms with Crippen LogP contribution in [0.25, 0.3) is 0 Å². The Bertz CT molecular complexity index is 275. The van der Waals surface area contributed by atoms with E-state index in [9.17, 15) is 0 Å². The third kappa shape index (κ3) is 2.77. The largest absolute Gasteiger partial charge is 0.330 e. The molecule has 0 saturated heterocycles. The molecule has 4 heteroatoms. The van der Waals surface area contributed by atoms with Crippen LogP contribution in [0.3, 0.4) is 0 Å². The van der Waals surface area contributed by atoms with Crippen molar-refractivity contribution in [2.24, 2.45) is 11.1 Å². The summed E-state index contributed by atoms with van der Waals surface area (Å²) in [6.45, 7) is 2.88. The molecule has 3 nitrogen and oxygen atoms in total. The summed E-state index contributed by atoms with van der Waals surface area (Å²) in [5, 5.41) is 3.46. The van der Waals surface area contributed by atoms with Crippen molar-refractivity contribution < 1.29 is 0 Å². The van der Waals surface area contributed by atoms with Crippen LogP contribution in [-0.2, 0) is 6.54 Å². The maximum atomic E-state index is 5.81. The first-order valence-electron chi connectivity index (χ1n) is 5.63. The molecule has 2 rings (SSSR count). The predicted molar refractivity (Wildman–Crippen MR) is 63.8 cm³/mol. The van der Waals surface area contributed by atoms with Crippen LogP contribution in [0.1, 0.15) is 30.6 Å². The molecule has 1 heterocycles. The van der Waals surface area contributed by atoms with Crippen LogP contribution in [0, 0.1) is 5.41 Å². The van der Waals surface area contributed by atoms with Crippen molar-refractivity contribution in [1.82, 2.24) is 10.3 Å². The fraction of sp³-hybridized carbons (Fsp3) is 0.727. The number of nitrogens with two attached hydrogens (primary N) is 1. The van der Waals surface area contributed by atoms with Crippen molar-refractivity contribution in [3.8, 4) is 0 Å². The first kappa shape index (κ1) is 11.0. The fourth-order valence-corrected chi connectivity index (χ4v) is 2.69. The lowest BCUT2D eigenvalue weighted by Gasteiger charge is -2.41. The minimum atomic E-state index is 0.473. The summed E-state index contributed by atoms with van der Waals surface area (Å²) < 4.78 is 0. The van der Waals surface area contributed by atoms with Gasteiger partial charge in [-0.15, -0.1) is 11.3 Å². The van der Waals surface area contributed by atoms with Crippen LogP contribution in [0.15, 0.2) is 11.7 Å². The maximum Gasteiger partial charge on any atom is 0.0794 e. The Morgan fingerprint density at radius 2 is 2.40 bits per heavy atom. The van der Waals surface area contributed by atoms with Gasteiger partial charge in [-0.1, -0.05) is 6.42 Å². The van der Waals surface area contributed by atoms with Crippen LogP contribution < -0.4 is 11.1 Å². The molecule has 3 N–H and O–H groups in total. The molecule has 1 aliphatic rings. The molecule has 0 bridgehead atoms. The highest BCUT2D eigenvalue weighted by molar-refractivity contribution is 7.09. The highest BCUT2D eigenvalue weighted by Gasteiger charge is 2.34. The molecule has 84 valence electrons. The lowest BCUT2D eigenvalue weighted by Crippen LogP contribution is -2.39. The van der Waals surface area contributed by atoms with Gasteiger partial charge >= 0.3 is 0 Å². The van der Waals surface area contributed by atoms with Gasteiger partial charge in [-0.3, -0.25) is 4.98 Å². The Balaban J connectivity index is 1.62. The quantitative estimate of drug-likeness (QED) is 0.725. The van der Waals surface area contributed by atoms with Crippen LogP contribution in [-0.4, -0.2) is 18.1 Å². The van der Waals surface area contributed by atoms with E-state index in [1.807, 2.05) is 11.7 Å². The normalized spacial score (nSPS) is 18.7. The summed E-state index contributed by atoms with van der Waals surface area (Å²) in [7, 11) is 0. The third-order valence-electron chi connectivity index (χ3n) is 3.46. The molecule has 0 atom stereocenters. The lowest BCUT2D eigenvalue weighted by atomic mass is 9.67. The molecule has 1 aromatic heterocycles. The van der Waals surface area contributed by atoms with E-state index in [1.54, 1.807) is 11.3 Å². The molecular formula is C11H19N3S. The minimum absolute atomic E-state index is 0.473. The van der Waals surface area contributed by atoms with Gasteiger partial charge in [-0.2, -0.15) is 0 Å². The van der Waals surface area contributed by atoms with Gasteiger partial charge in [-0.25, -0.2) is 0 Å². The van der Waals surface area contributed by atoms with Crippen molar-refractivity contribution in [1.29, 1.82) is 0 Å². The van der Waals surface area contributed by atoms with E-state index in [-0.39, 0.29) is 0 Å². The van der Waals surface area contributed by atoms with Crippen LogP contribution in [0.4, 0.5) is 0 Å². The third-order valence-corrected chi connectivity index (χ3v) is 4.24. The van der Waals surface area contributed by atoms with Crippen LogP contribution in [0.2, 0.25) is 0 Å². The molecule has 0 spiro atoms. The van der Waals surface area contributed by atoms with Gasteiger partial charge in [0.15, 0.2) is 0 Å². The highest BCUT2D eigenvalue weighted by atomic mass is 32.1. The molecular weight excluding hydrogens is 206 g/mol. The van der Waals surface area contributed by atoms with E-state index < -0.39 is 0 Å². The number of hydrogen-bond donors (Lipinski definition) is 2. The minimum Gasteiger partial charge on any atom is -0.330 e. The molecule has 0 aliphatic heterocycles. The van der Waals surface area contributed by atoms with Gasteiger partial charge in [0.25, 0.3) is 0 Å². The zero-order valence-electron chi connectivity index (χ0n) is 9.04. The topological polar surface area (TPSA) is 50.9 Å². The zero-order valence-corrected chi connectivity index (χ0v) is 9.85. The van der Waals surface area contributed by atoms with Crippen molar-refractivity contribution >= 4 is 11.3 Å². The van der Waals surface area contributed by atoms with Gasteiger partial charge in [-0.05, 0) is 37.8 Å². The second kappa shape index (κ2) is 5.05. The van der Waals surface area contributed by atoms with E-state index in [1.165, 1.54) is 30.6 Å². The van der Waals surface area contributed by atoms with Gasteiger partial charge < -0.3 is 11.1 Å². The second-order valence-corrected chi connectivity index (χ2v) is 5.42. The summed E-state index contributed by atoms with van der Waals surface area (Å²) in [5.74, 6) is 0. The standard InChI is InChI=1S/C11H19N3S/c12-8-11(2-1-3-11)4-5-13-6-10-7-14-9-15-10/h7,9,13H,1-6,8,12H2. The Labute approximate surface area is 95.1 Å². The maximum absolute atomic E-state index is 5.81. The van der Waals surface area contributed by atoms with E-state index in [0.29, 0.717) is 5.41 Å². The Morgan fingerprint density at radius 1 is 1.53 bits per heavy atom. The number of aromatic nitrogens is 1. The van der Waals surface area contributed by atoms with Crippen molar-refractivity contribution in [3.05, 3.63) is 16.6 Å². The molecule has 15 heavy (non-hydrogen) atoms. The fourth-order valence-electron chi connectivity index (χ4n) is 2.13. The lowest BCUT2D eigenvalue weighted by molar-refractivity contribution is 0.130. The van der Waals surface area contributed by atoms with Crippen LogP contribution >= 0.6 is 11.3 Å². The predicted octanol–water partition coefficient (Wildman–Crippen LogP) is 1.75. The smallest absolute Gasteiger partial charge is 0.0794 e. The second-order valence-electron chi connectivity index (χ2n) is 4.45. The first-order valence-corrected chi connectivity index (χ1v) is 6.51. The average Bonchev–Trinajstić information content (AvgIpc) is 2.68. The van der Waals surface area contributed by atoms with E-state index in [0.717, 1.165) is 19.6 Å². The van der Waals surface area contributed by atoms with Gasteiger partial charge in [0.2, 0.25) is 0 Å². The van der Waals surface area contributed by atoms with Crippen molar-refractivity contribution in [2.45, 2.75) is 32.2 Å². The molecule has 1 aromatic rings. The van der Waals surface area contributed by atoms with Crippen LogP contribution in [0.5, 0.6) is 0 Å². The molecule has 1 aliphatic carbocycles. The average molecular weight is 225 g/mol. The number of rotatable bonds is 6. The van der Waals surface area contributed by atoms with E-state index in [2.05, 4.69) is 10.3 Å². The van der Waals surface area contributed by atoms with E-state index >= 15 is 0 Å². The molecule has 1 saturated carbocycles. The Hall–Kier alpha value is -0.450. The summed E-state index contributed by atoms with van der Waals surface area (Å²) in [5.41, 5.74) is 8.16. The highest BCUT2D eigenvalue weighted by Crippen LogP contribution is 2.42. The first-order chi connectivity index (χ1) is 7.35. The van der Waals surface area contributed by atoms with Gasteiger partial charge in [0.1, 0.15) is 0 Å². The molecule has 0 unspecified atom stereocenters. The number of nitrogens with one attached hydrogen (secondary N) is 1. The van der Waals surface area contributed by atoms with Gasteiger partial charge in [0.05, 0.1) is 5.51 Å². The molecule has 0 aromatic carbocycles. The Morgan fingerprint density at radius 3 is 2.93 bits per heavy atom. The monoisotopic (exact) mass is 225 g/mol. The van der Waals surface area contributed by atoms with Crippen molar-refractivity contribution in [3.63, 3.8) is 0 Å². The summed E-state index contributed by atoms with van der Waals surface area (Å²) in [6, 6.07) is 0. The van der Waals surface area contributed by atoms with Crippen molar-refractivity contribution in [2.75, 3.05) is 13.1 Å². The van der Waals surface area contributed by atoms with E-state index in [4.69, 9.17) is 5.73 Å². The number of hydrogen-bond acceptors (Lipinski definition) is 4. The molecule has 0 amide bonds. The SMILES string of the molecule is NCC1(CCNCc2cncs2)CCC1. The summed E-state index contributed by atoms with van der Waals surface area (Å²) in [4.78, 5) is 5.36.